The minimum Gasteiger partial charge on any atom is -0.340 e. The van der Waals surface area contributed by atoms with E-state index < -0.39 is 21.7 Å². The molecule has 0 fully saturated rings. The third-order valence-corrected chi connectivity index (χ3v) is 6.69. The Kier molecular flexibility index (Phi) is 5.67. The monoisotopic (exact) mass is 469 g/mol. The Bertz CT molecular complexity index is 1500. The molecule has 6 nitrogen and oxygen atoms in total. The second-order valence-electron chi connectivity index (χ2n) is 7.72. The first kappa shape index (κ1) is 22.5. The first-order valence-corrected chi connectivity index (χ1v) is 11.8. The molecule has 0 radical (unpaired) electrons. The Morgan fingerprint density at radius 3 is 2.45 bits per heavy atom. The van der Waals surface area contributed by atoms with Gasteiger partial charge in [0.25, 0.3) is 5.91 Å². The minimum absolute atomic E-state index is 0.222. The average Bonchev–Trinajstić information content (AvgIpc) is 3.09. The van der Waals surface area contributed by atoms with Gasteiger partial charge < -0.3 is 9.88 Å². The van der Waals surface area contributed by atoms with Gasteiger partial charge >= 0.3 is 0 Å². The Morgan fingerprint density at radius 1 is 1.00 bits per heavy atom. The predicted octanol–water partition coefficient (Wildman–Crippen LogP) is 4.77. The summed E-state index contributed by atoms with van der Waals surface area (Å²) in [5.41, 5.74) is 2.70. The normalized spacial score (nSPS) is 11.5. The number of hydrogen-bond donors (Lipinski definition) is 1. The Labute approximate surface area is 190 Å². The maximum Gasteiger partial charge on any atom is 0.272 e. The van der Waals surface area contributed by atoms with Gasteiger partial charge in [0.1, 0.15) is 17.3 Å². The highest BCUT2D eigenvalue weighted by Gasteiger charge is 2.17. The number of halogens is 2. The minimum atomic E-state index is -3.42. The summed E-state index contributed by atoms with van der Waals surface area (Å²) < 4.78 is 53.9. The number of nitrogens with one attached hydrogen (secondary N) is 1. The van der Waals surface area contributed by atoms with Crippen LogP contribution in [-0.2, 0) is 17.1 Å². The lowest BCUT2D eigenvalue weighted by atomic mass is 10.0. The van der Waals surface area contributed by atoms with Gasteiger partial charge in [-0.05, 0) is 48.0 Å². The Balaban J connectivity index is 1.64. The van der Waals surface area contributed by atoms with Crippen LogP contribution in [0.5, 0.6) is 0 Å². The summed E-state index contributed by atoms with van der Waals surface area (Å²) in [6, 6.07) is 16.8. The van der Waals surface area contributed by atoms with Crippen molar-refractivity contribution >= 4 is 38.2 Å². The molecule has 0 saturated heterocycles. The van der Waals surface area contributed by atoms with Gasteiger partial charge in [0.2, 0.25) is 10.0 Å². The van der Waals surface area contributed by atoms with Crippen LogP contribution in [0.4, 0.5) is 20.2 Å². The smallest absolute Gasteiger partial charge is 0.272 e. The van der Waals surface area contributed by atoms with Crippen LogP contribution in [0.3, 0.4) is 0 Å². The number of nitrogens with zero attached hydrogens (tertiary/aromatic N) is 2. The van der Waals surface area contributed by atoms with Gasteiger partial charge in [0, 0.05) is 36.8 Å². The van der Waals surface area contributed by atoms with Crippen molar-refractivity contribution in [3.05, 3.63) is 84.1 Å². The number of aromatic nitrogens is 1. The molecule has 0 bridgehead atoms. The van der Waals surface area contributed by atoms with Gasteiger partial charge in [-0.25, -0.2) is 17.2 Å². The zero-order valence-corrected chi connectivity index (χ0v) is 19.0. The fourth-order valence-corrected chi connectivity index (χ4v) is 4.10. The van der Waals surface area contributed by atoms with Crippen LogP contribution >= 0.6 is 0 Å². The summed E-state index contributed by atoms with van der Waals surface area (Å²) >= 11 is 0. The van der Waals surface area contributed by atoms with Crippen molar-refractivity contribution in [2.45, 2.75) is 0 Å². The lowest BCUT2D eigenvalue weighted by molar-refractivity contribution is 0.101. The number of aryl methyl sites for hydroxylation is 1. The maximum atomic E-state index is 14.2. The van der Waals surface area contributed by atoms with Gasteiger partial charge in [-0.3, -0.25) is 9.10 Å². The molecule has 170 valence electrons. The van der Waals surface area contributed by atoms with E-state index in [9.17, 15) is 22.0 Å². The average molecular weight is 470 g/mol. The number of carbonyl (C=O) groups excluding carboxylic acids is 1. The van der Waals surface area contributed by atoms with Gasteiger partial charge in [0.05, 0.1) is 17.5 Å². The summed E-state index contributed by atoms with van der Waals surface area (Å²) in [5.74, 6) is -1.74. The molecule has 0 spiro atoms. The number of anilines is 2. The number of sulfonamides is 1. The van der Waals surface area contributed by atoms with Gasteiger partial charge in [-0.1, -0.05) is 18.2 Å². The first-order chi connectivity index (χ1) is 15.5. The van der Waals surface area contributed by atoms with Crippen LogP contribution in [-0.4, -0.2) is 32.2 Å². The fraction of sp³-hybridized carbons (Fsp3) is 0.125. The second-order valence-corrected chi connectivity index (χ2v) is 9.74. The third kappa shape index (κ3) is 4.45. The lowest BCUT2D eigenvalue weighted by Gasteiger charge is -2.16. The van der Waals surface area contributed by atoms with Crippen molar-refractivity contribution < 1.29 is 22.0 Å². The van der Waals surface area contributed by atoms with Crippen LogP contribution in [0.2, 0.25) is 0 Å². The van der Waals surface area contributed by atoms with Crippen LogP contribution in [0.1, 0.15) is 10.5 Å². The van der Waals surface area contributed by atoms with Gasteiger partial charge in [-0.2, -0.15) is 0 Å². The number of benzene rings is 3. The first-order valence-electron chi connectivity index (χ1n) is 9.95. The highest BCUT2D eigenvalue weighted by molar-refractivity contribution is 7.92. The summed E-state index contributed by atoms with van der Waals surface area (Å²) in [7, 11) is -0.246. The molecule has 4 aromatic rings. The van der Waals surface area contributed by atoms with Crippen molar-refractivity contribution in [3.63, 3.8) is 0 Å². The standard InChI is InChI=1S/C24H21F2N3O3S/c1-28-22-14-19(29(2)33(3,31)32)9-7-16(22)12-23(28)24(30)27-18-6-4-5-15(11-18)20-10-8-17(25)13-21(20)26/h4-14H,1-3H3,(H,27,30). The summed E-state index contributed by atoms with van der Waals surface area (Å²) in [6.45, 7) is 0. The molecule has 1 N–H and O–H groups in total. The summed E-state index contributed by atoms with van der Waals surface area (Å²) in [5, 5.41) is 3.57. The van der Waals surface area contributed by atoms with Crippen LogP contribution in [0.15, 0.2) is 66.7 Å². The largest absolute Gasteiger partial charge is 0.340 e. The summed E-state index contributed by atoms with van der Waals surface area (Å²) in [6.07, 6.45) is 1.12. The zero-order valence-electron chi connectivity index (χ0n) is 18.1. The topological polar surface area (TPSA) is 71.4 Å². The Hall–Kier alpha value is -3.72. The molecule has 0 unspecified atom stereocenters. The number of rotatable bonds is 5. The van der Waals surface area contributed by atoms with Crippen molar-refractivity contribution in [2.24, 2.45) is 7.05 Å². The molecular weight excluding hydrogens is 448 g/mol. The van der Waals surface area contributed by atoms with Crippen molar-refractivity contribution in [1.29, 1.82) is 0 Å². The quantitative estimate of drug-likeness (QED) is 0.458. The molecule has 1 heterocycles. The molecule has 0 aliphatic carbocycles. The van der Waals surface area contributed by atoms with E-state index in [1.165, 1.54) is 23.5 Å². The van der Waals surface area contributed by atoms with E-state index in [2.05, 4.69) is 5.32 Å². The van der Waals surface area contributed by atoms with E-state index in [4.69, 9.17) is 0 Å². The molecule has 1 amide bonds. The molecular formula is C24H21F2N3O3S. The molecule has 0 aliphatic heterocycles. The highest BCUT2D eigenvalue weighted by Crippen LogP contribution is 2.28. The van der Waals surface area contributed by atoms with Crippen molar-refractivity contribution in [1.82, 2.24) is 4.57 Å². The molecule has 0 atom stereocenters. The Morgan fingerprint density at radius 2 is 1.76 bits per heavy atom. The van der Waals surface area contributed by atoms with E-state index in [0.29, 0.717) is 28.1 Å². The highest BCUT2D eigenvalue weighted by atomic mass is 32.2. The number of carbonyl (C=O) groups is 1. The lowest BCUT2D eigenvalue weighted by Crippen LogP contribution is -2.24. The molecule has 1 aromatic heterocycles. The molecule has 3 aromatic carbocycles. The maximum absolute atomic E-state index is 14.2. The number of hydrogen-bond acceptors (Lipinski definition) is 3. The van der Waals surface area contributed by atoms with E-state index in [-0.39, 0.29) is 11.5 Å². The molecule has 0 saturated carbocycles. The summed E-state index contributed by atoms with van der Waals surface area (Å²) in [4.78, 5) is 13.0. The van der Waals surface area contributed by atoms with Gasteiger partial charge in [-0.15, -0.1) is 0 Å². The second kappa shape index (κ2) is 8.32. The van der Waals surface area contributed by atoms with Crippen molar-refractivity contribution in [2.75, 3.05) is 22.9 Å². The number of amides is 1. The van der Waals surface area contributed by atoms with E-state index in [0.717, 1.165) is 17.7 Å². The van der Waals surface area contributed by atoms with Crippen molar-refractivity contribution in [3.8, 4) is 11.1 Å². The van der Waals surface area contributed by atoms with Crippen LogP contribution in [0.25, 0.3) is 22.0 Å². The van der Waals surface area contributed by atoms with Crippen LogP contribution in [0, 0.1) is 11.6 Å². The molecule has 0 aliphatic rings. The van der Waals surface area contributed by atoms with Crippen LogP contribution < -0.4 is 9.62 Å². The fourth-order valence-electron chi connectivity index (χ4n) is 3.61. The van der Waals surface area contributed by atoms with E-state index in [1.54, 1.807) is 60.1 Å². The van der Waals surface area contributed by atoms with E-state index in [1.807, 2.05) is 0 Å². The predicted molar refractivity (Wildman–Crippen MR) is 126 cm³/mol. The molecule has 9 heteroatoms. The molecule has 4 rings (SSSR count). The molecule has 33 heavy (non-hydrogen) atoms. The third-order valence-electron chi connectivity index (χ3n) is 5.49. The SMILES string of the molecule is CN(c1ccc2cc(C(=O)Nc3cccc(-c4ccc(F)cc4F)c3)n(C)c2c1)S(C)(=O)=O. The van der Waals surface area contributed by atoms with E-state index >= 15 is 0 Å². The zero-order chi connectivity index (χ0) is 23.9. The number of fused-ring (bicyclic) bond motifs is 1. The van der Waals surface area contributed by atoms with Gasteiger partial charge in [0.15, 0.2) is 0 Å².